The highest BCUT2D eigenvalue weighted by atomic mass is 16.5. The Morgan fingerprint density at radius 1 is 1.11 bits per heavy atom. The molecule has 1 N–H and O–H groups in total. The van der Waals surface area contributed by atoms with Gasteiger partial charge in [-0.25, -0.2) is 0 Å². The van der Waals surface area contributed by atoms with Gasteiger partial charge in [-0.05, 0) is 56.6 Å². The van der Waals surface area contributed by atoms with Crippen molar-refractivity contribution in [3.05, 3.63) is 59.7 Å². The van der Waals surface area contributed by atoms with E-state index < -0.39 is 0 Å². The second kappa shape index (κ2) is 9.42. The first-order valence-corrected chi connectivity index (χ1v) is 9.60. The molecule has 1 aliphatic heterocycles. The van der Waals surface area contributed by atoms with Gasteiger partial charge in [-0.2, -0.15) is 0 Å². The lowest BCUT2D eigenvalue weighted by atomic mass is 10.1. The van der Waals surface area contributed by atoms with Gasteiger partial charge in [0, 0.05) is 12.1 Å². The van der Waals surface area contributed by atoms with Gasteiger partial charge in [-0.1, -0.05) is 30.3 Å². The fourth-order valence-corrected chi connectivity index (χ4v) is 3.47. The number of nitrogens with zero attached hydrogens (tertiary/aromatic N) is 1. The van der Waals surface area contributed by atoms with Gasteiger partial charge in [0.15, 0.2) is 11.5 Å². The molecule has 1 saturated heterocycles. The quantitative estimate of drug-likeness (QED) is 0.773. The molecule has 27 heavy (non-hydrogen) atoms. The van der Waals surface area contributed by atoms with Crippen molar-refractivity contribution in [2.45, 2.75) is 25.8 Å². The third-order valence-corrected chi connectivity index (χ3v) is 4.87. The largest absolute Gasteiger partial charge is 0.493 e. The van der Waals surface area contributed by atoms with Gasteiger partial charge in [0.25, 0.3) is 5.91 Å². The van der Waals surface area contributed by atoms with Crippen molar-refractivity contribution in [3.63, 3.8) is 0 Å². The van der Waals surface area contributed by atoms with Crippen LogP contribution in [0.3, 0.4) is 0 Å². The number of ether oxygens (including phenoxy) is 2. The van der Waals surface area contributed by atoms with Gasteiger partial charge in [0.1, 0.15) is 0 Å². The first-order valence-electron chi connectivity index (χ1n) is 9.60. The Bertz CT molecular complexity index is 742. The summed E-state index contributed by atoms with van der Waals surface area (Å²) in [4.78, 5) is 15.3. The minimum absolute atomic E-state index is 0.0469. The molecule has 0 bridgehead atoms. The molecule has 0 radical (unpaired) electrons. The van der Waals surface area contributed by atoms with E-state index in [0.717, 1.165) is 25.2 Å². The summed E-state index contributed by atoms with van der Waals surface area (Å²) >= 11 is 0. The van der Waals surface area contributed by atoms with Crippen molar-refractivity contribution in [1.29, 1.82) is 0 Å². The molecule has 1 atom stereocenters. The fourth-order valence-electron chi connectivity index (χ4n) is 3.47. The van der Waals surface area contributed by atoms with Crippen molar-refractivity contribution < 1.29 is 14.3 Å². The lowest BCUT2D eigenvalue weighted by molar-refractivity contribution is 0.0926. The molecular weight excluding hydrogens is 340 g/mol. The van der Waals surface area contributed by atoms with Gasteiger partial charge in [0.05, 0.1) is 19.8 Å². The molecule has 3 rings (SSSR count). The second-order valence-electron chi connectivity index (χ2n) is 6.74. The number of hydrogen-bond acceptors (Lipinski definition) is 4. The van der Waals surface area contributed by atoms with E-state index >= 15 is 0 Å². The Balaban J connectivity index is 1.77. The van der Waals surface area contributed by atoms with Crippen LogP contribution in [0.25, 0.3) is 0 Å². The number of carbonyl (C=O) groups is 1. The average molecular weight is 368 g/mol. The van der Waals surface area contributed by atoms with Crippen LogP contribution in [-0.2, 0) is 0 Å². The monoisotopic (exact) mass is 368 g/mol. The molecule has 1 heterocycles. The number of rotatable bonds is 8. The Kier molecular flexibility index (Phi) is 6.71. The van der Waals surface area contributed by atoms with Crippen LogP contribution in [0.5, 0.6) is 11.5 Å². The van der Waals surface area contributed by atoms with E-state index in [1.165, 1.54) is 12.8 Å². The molecule has 2 aromatic carbocycles. The van der Waals surface area contributed by atoms with Gasteiger partial charge in [0.2, 0.25) is 0 Å². The smallest absolute Gasteiger partial charge is 0.251 e. The van der Waals surface area contributed by atoms with Crippen LogP contribution < -0.4 is 14.8 Å². The van der Waals surface area contributed by atoms with E-state index in [-0.39, 0.29) is 11.9 Å². The van der Waals surface area contributed by atoms with Crippen LogP contribution in [0.4, 0.5) is 0 Å². The summed E-state index contributed by atoms with van der Waals surface area (Å²) in [7, 11) is 1.58. The Morgan fingerprint density at radius 2 is 1.85 bits per heavy atom. The molecule has 1 fully saturated rings. The summed E-state index contributed by atoms with van der Waals surface area (Å²) < 4.78 is 10.9. The van der Waals surface area contributed by atoms with Crippen molar-refractivity contribution in [2.24, 2.45) is 0 Å². The number of hydrogen-bond donors (Lipinski definition) is 1. The predicted octanol–water partition coefficient (Wildman–Crippen LogP) is 3.66. The summed E-state index contributed by atoms with van der Waals surface area (Å²) in [5.74, 6) is 1.11. The predicted molar refractivity (Wildman–Crippen MR) is 106 cm³/mol. The molecule has 0 aliphatic carbocycles. The van der Waals surface area contributed by atoms with Crippen molar-refractivity contribution in [3.8, 4) is 11.5 Å². The lowest BCUT2D eigenvalue weighted by Crippen LogP contribution is -2.37. The number of benzene rings is 2. The zero-order valence-electron chi connectivity index (χ0n) is 16.1. The highest BCUT2D eigenvalue weighted by molar-refractivity contribution is 5.95. The minimum Gasteiger partial charge on any atom is -0.493 e. The van der Waals surface area contributed by atoms with Crippen molar-refractivity contribution in [1.82, 2.24) is 10.2 Å². The highest BCUT2D eigenvalue weighted by Gasteiger charge is 2.21. The SMILES string of the molecule is CCOc1ccc(C(=O)NC(CN2CCCC2)c2ccccc2)cc1OC. The molecule has 1 unspecified atom stereocenters. The number of nitrogens with one attached hydrogen (secondary N) is 1. The van der Waals surface area contributed by atoms with Crippen molar-refractivity contribution in [2.75, 3.05) is 33.4 Å². The number of methoxy groups -OCH3 is 1. The van der Waals surface area contributed by atoms with E-state index in [4.69, 9.17) is 9.47 Å². The van der Waals surface area contributed by atoms with Gasteiger partial charge in [-0.15, -0.1) is 0 Å². The molecule has 5 heteroatoms. The molecule has 2 aromatic rings. The van der Waals surface area contributed by atoms with Gasteiger partial charge >= 0.3 is 0 Å². The fraction of sp³-hybridized carbons (Fsp3) is 0.409. The van der Waals surface area contributed by atoms with E-state index in [1.807, 2.05) is 25.1 Å². The molecular formula is C22H28N2O3. The molecule has 1 aliphatic rings. The normalized spacial score (nSPS) is 15.3. The third-order valence-electron chi connectivity index (χ3n) is 4.87. The summed E-state index contributed by atoms with van der Waals surface area (Å²) in [6.07, 6.45) is 2.46. The zero-order chi connectivity index (χ0) is 19.1. The number of likely N-dealkylation sites (tertiary alicyclic amines) is 1. The van der Waals surface area contributed by atoms with E-state index in [1.54, 1.807) is 25.3 Å². The van der Waals surface area contributed by atoms with Crippen molar-refractivity contribution >= 4 is 5.91 Å². The standard InChI is InChI=1S/C22H28N2O3/c1-3-27-20-12-11-18(15-21(20)26-2)22(25)23-19(16-24-13-7-8-14-24)17-9-5-4-6-10-17/h4-6,9-12,15,19H,3,7-8,13-14,16H2,1-2H3,(H,23,25). The lowest BCUT2D eigenvalue weighted by Gasteiger charge is -2.25. The summed E-state index contributed by atoms with van der Waals surface area (Å²) in [6, 6.07) is 15.4. The van der Waals surface area contributed by atoms with E-state index in [9.17, 15) is 4.79 Å². The summed E-state index contributed by atoms with van der Waals surface area (Å²) in [5, 5.41) is 3.20. The first-order chi connectivity index (χ1) is 13.2. The first kappa shape index (κ1) is 19.2. The van der Waals surface area contributed by atoms with Crippen LogP contribution in [0, 0.1) is 0 Å². The second-order valence-corrected chi connectivity index (χ2v) is 6.74. The molecule has 0 aromatic heterocycles. The molecule has 1 amide bonds. The molecule has 0 spiro atoms. The molecule has 0 saturated carbocycles. The van der Waals surface area contributed by atoms with E-state index in [2.05, 4.69) is 22.3 Å². The minimum atomic E-state index is -0.107. The summed E-state index contributed by atoms with van der Waals surface area (Å²) in [5.41, 5.74) is 1.69. The summed E-state index contributed by atoms with van der Waals surface area (Å²) in [6.45, 7) is 5.48. The van der Waals surface area contributed by atoms with E-state index in [0.29, 0.717) is 23.7 Å². The number of amides is 1. The van der Waals surface area contributed by atoms with Gasteiger partial charge in [-0.3, -0.25) is 4.79 Å². The molecule has 144 valence electrons. The molecule has 5 nitrogen and oxygen atoms in total. The van der Waals surface area contributed by atoms with Crippen LogP contribution in [0.15, 0.2) is 48.5 Å². The highest BCUT2D eigenvalue weighted by Crippen LogP contribution is 2.28. The van der Waals surface area contributed by atoms with Crippen LogP contribution in [-0.4, -0.2) is 44.2 Å². The van der Waals surface area contributed by atoms with Crippen LogP contribution in [0.1, 0.15) is 41.7 Å². The Labute approximate surface area is 161 Å². The van der Waals surface area contributed by atoms with Gasteiger partial charge < -0.3 is 19.7 Å². The maximum Gasteiger partial charge on any atom is 0.251 e. The third kappa shape index (κ3) is 5.01. The maximum atomic E-state index is 12.9. The Morgan fingerprint density at radius 3 is 2.52 bits per heavy atom. The zero-order valence-corrected chi connectivity index (χ0v) is 16.1. The maximum absolute atomic E-state index is 12.9. The topological polar surface area (TPSA) is 50.8 Å². The average Bonchev–Trinajstić information content (AvgIpc) is 3.21. The van der Waals surface area contributed by atoms with Crippen LogP contribution >= 0.6 is 0 Å². The Hall–Kier alpha value is -2.53. The van der Waals surface area contributed by atoms with Crippen LogP contribution in [0.2, 0.25) is 0 Å². The number of carbonyl (C=O) groups excluding carboxylic acids is 1.